The zero-order valence-corrected chi connectivity index (χ0v) is 14.9. The summed E-state index contributed by atoms with van der Waals surface area (Å²) in [7, 11) is 1.61. The highest BCUT2D eigenvalue weighted by Gasteiger charge is 2.41. The Morgan fingerprint density at radius 2 is 2.08 bits per heavy atom. The largest absolute Gasteiger partial charge is 0.383 e. The van der Waals surface area contributed by atoms with Crippen LogP contribution in [0.4, 0.5) is 8.78 Å². The van der Waals surface area contributed by atoms with Gasteiger partial charge in [0, 0.05) is 45.9 Å². The lowest BCUT2D eigenvalue weighted by atomic mass is 9.72. The molecule has 2 fully saturated rings. The molecule has 2 aliphatic rings. The van der Waals surface area contributed by atoms with E-state index in [1.54, 1.807) is 12.0 Å². The van der Waals surface area contributed by atoms with E-state index < -0.39 is 6.55 Å². The Kier molecular flexibility index (Phi) is 5.55. The molecule has 26 heavy (non-hydrogen) atoms. The Hall–Kier alpha value is -2.03. The van der Waals surface area contributed by atoms with Crippen molar-refractivity contribution in [2.45, 2.75) is 32.2 Å². The average Bonchev–Trinajstić information content (AvgIpc) is 3.13. The van der Waals surface area contributed by atoms with E-state index in [2.05, 4.69) is 5.10 Å². The van der Waals surface area contributed by atoms with Crippen molar-refractivity contribution in [2.75, 3.05) is 39.9 Å². The van der Waals surface area contributed by atoms with Crippen LogP contribution in [0.15, 0.2) is 12.3 Å². The number of alkyl halides is 2. The SMILES string of the molecule is COCCN1CC2(CCC1=O)CCN(C(=O)c1ccn(C(F)F)n1)CC2. The number of methoxy groups -OCH3 is 1. The van der Waals surface area contributed by atoms with Gasteiger partial charge in [-0.3, -0.25) is 9.59 Å². The predicted molar refractivity (Wildman–Crippen MR) is 88.7 cm³/mol. The lowest BCUT2D eigenvalue weighted by Crippen LogP contribution is -2.53. The number of ether oxygens (including phenoxy) is 1. The van der Waals surface area contributed by atoms with Crippen LogP contribution in [0.3, 0.4) is 0 Å². The monoisotopic (exact) mass is 370 g/mol. The van der Waals surface area contributed by atoms with Crippen LogP contribution < -0.4 is 0 Å². The van der Waals surface area contributed by atoms with Gasteiger partial charge in [0.05, 0.1) is 6.61 Å². The molecule has 0 aromatic carbocycles. The lowest BCUT2D eigenvalue weighted by molar-refractivity contribution is -0.139. The fraction of sp³-hybridized carbons (Fsp3) is 0.706. The van der Waals surface area contributed by atoms with Gasteiger partial charge in [0.15, 0.2) is 5.69 Å². The molecule has 0 bridgehead atoms. The Morgan fingerprint density at radius 1 is 1.35 bits per heavy atom. The summed E-state index contributed by atoms with van der Waals surface area (Å²) in [4.78, 5) is 28.1. The standard InChI is InChI=1S/C17H24F2N4O3/c1-26-11-10-22-12-17(4-2-14(22)24)5-8-21(9-6-17)15(25)13-3-7-23(20-13)16(18)19/h3,7,16H,2,4-6,8-12H2,1H3. The minimum atomic E-state index is -2.75. The number of halogens is 2. The quantitative estimate of drug-likeness (QED) is 0.792. The summed E-state index contributed by atoms with van der Waals surface area (Å²) in [5, 5.41) is 3.65. The molecule has 1 aromatic rings. The molecule has 2 amide bonds. The number of nitrogens with zero attached hydrogens (tertiary/aromatic N) is 4. The first kappa shape index (κ1) is 18.8. The van der Waals surface area contributed by atoms with Crippen molar-refractivity contribution in [3.05, 3.63) is 18.0 Å². The second-order valence-corrected chi connectivity index (χ2v) is 7.06. The van der Waals surface area contributed by atoms with Gasteiger partial charge in [0.2, 0.25) is 5.91 Å². The Morgan fingerprint density at radius 3 is 2.69 bits per heavy atom. The van der Waals surface area contributed by atoms with Gasteiger partial charge in [0.1, 0.15) is 0 Å². The Labute approximate surface area is 150 Å². The zero-order valence-electron chi connectivity index (χ0n) is 14.9. The molecule has 0 N–H and O–H groups in total. The summed E-state index contributed by atoms with van der Waals surface area (Å²) in [5.74, 6) is -0.161. The average molecular weight is 370 g/mol. The minimum Gasteiger partial charge on any atom is -0.383 e. The summed E-state index contributed by atoms with van der Waals surface area (Å²) >= 11 is 0. The Bertz CT molecular complexity index is 656. The predicted octanol–water partition coefficient (Wildman–Crippen LogP) is 1.77. The molecule has 144 valence electrons. The van der Waals surface area contributed by atoms with E-state index in [4.69, 9.17) is 4.74 Å². The van der Waals surface area contributed by atoms with E-state index in [9.17, 15) is 18.4 Å². The fourth-order valence-electron chi connectivity index (χ4n) is 3.82. The summed E-state index contributed by atoms with van der Waals surface area (Å²) in [6.07, 6.45) is 4.06. The van der Waals surface area contributed by atoms with Crippen LogP contribution in [0.2, 0.25) is 0 Å². The Balaban J connectivity index is 1.59. The molecule has 3 rings (SSSR count). The van der Waals surface area contributed by atoms with Crippen molar-refractivity contribution in [2.24, 2.45) is 5.41 Å². The normalized spacial score (nSPS) is 20.2. The van der Waals surface area contributed by atoms with Crippen molar-refractivity contribution in [1.82, 2.24) is 19.6 Å². The highest BCUT2D eigenvalue weighted by atomic mass is 19.3. The molecule has 3 heterocycles. The molecule has 0 saturated carbocycles. The van der Waals surface area contributed by atoms with Crippen molar-refractivity contribution < 1.29 is 23.1 Å². The molecule has 7 nitrogen and oxygen atoms in total. The van der Waals surface area contributed by atoms with Gasteiger partial charge in [-0.05, 0) is 30.7 Å². The molecule has 0 atom stereocenters. The number of rotatable bonds is 5. The van der Waals surface area contributed by atoms with Crippen LogP contribution in [0.1, 0.15) is 42.7 Å². The topological polar surface area (TPSA) is 67.7 Å². The highest BCUT2D eigenvalue weighted by Crippen LogP contribution is 2.40. The molecule has 1 aromatic heterocycles. The molecular formula is C17H24F2N4O3. The van der Waals surface area contributed by atoms with Crippen molar-refractivity contribution >= 4 is 11.8 Å². The second-order valence-electron chi connectivity index (χ2n) is 7.06. The van der Waals surface area contributed by atoms with E-state index >= 15 is 0 Å². The first-order valence-corrected chi connectivity index (χ1v) is 8.83. The maximum Gasteiger partial charge on any atom is 0.333 e. The van der Waals surface area contributed by atoms with Crippen molar-refractivity contribution in [3.8, 4) is 0 Å². The third-order valence-corrected chi connectivity index (χ3v) is 5.45. The summed E-state index contributed by atoms with van der Waals surface area (Å²) < 4.78 is 30.8. The molecule has 2 aliphatic heterocycles. The van der Waals surface area contributed by atoms with Gasteiger partial charge in [-0.2, -0.15) is 13.9 Å². The van der Waals surface area contributed by atoms with E-state index in [1.165, 1.54) is 6.07 Å². The third kappa shape index (κ3) is 3.87. The number of carbonyl (C=O) groups is 2. The van der Waals surface area contributed by atoms with Gasteiger partial charge < -0.3 is 14.5 Å². The number of piperidine rings is 2. The van der Waals surface area contributed by atoms with E-state index in [0.717, 1.165) is 25.5 Å². The van der Waals surface area contributed by atoms with E-state index in [0.29, 0.717) is 43.9 Å². The first-order valence-electron chi connectivity index (χ1n) is 8.83. The lowest BCUT2D eigenvalue weighted by Gasteiger charge is -2.47. The van der Waals surface area contributed by atoms with Gasteiger partial charge in [0.25, 0.3) is 5.91 Å². The number of hydrogen-bond donors (Lipinski definition) is 0. The highest BCUT2D eigenvalue weighted by molar-refractivity contribution is 5.92. The van der Waals surface area contributed by atoms with Crippen molar-refractivity contribution in [1.29, 1.82) is 0 Å². The summed E-state index contributed by atoms with van der Waals surface area (Å²) in [6, 6.07) is 1.32. The van der Waals surface area contributed by atoms with Crippen LogP contribution in [0, 0.1) is 5.41 Å². The smallest absolute Gasteiger partial charge is 0.333 e. The third-order valence-electron chi connectivity index (χ3n) is 5.45. The maximum atomic E-state index is 12.6. The molecular weight excluding hydrogens is 346 g/mol. The van der Waals surface area contributed by atoms with Crippen LogP contribution in [-0.2, 0) is 9.53 Å². The molecule has 9 heteroatoms. The molecule has 0 aliphatic carbocycles. The van der Waals surface area contributed by atoms with Gasteiger partial charge in [-0.1, -0.05) is 0 Å². The van der Waals surface area contributed by atoms with E-state index in [1.807, 2.05) is 4.90 Å². The summed E-state index contributed by atoms with van der Waals surface area (Å²) in [5.41, 5.74) is 0.0719. The second kappa shape index (κ2) is 7.69. The van der Waals surface area contributed by atoms with Crippen LogP contribution in [-0.4, -0.2) is 71.3 Å². The van der Waals surface area contributed by atoms with Crippen molar-refractivity contribution in [3.63, 3.8) is 0 Å². The number of hydrogen-bond acceptors (Lipinski definition) is 4. The number of aromatic nitrogens is 2. The molecule has 1 spiro atoms. The maximum absolute atomic E-state index is 12.6. The number of likely N-dealkylation sites (tertiary alicyclic amines) is 2. The minimum absolute atomic E-state index is 0.0285. The van der Waals surface area contributed by atoms with E-state index in [-0.39, 0.29) is 22.9 Å². The van der Waals surface area contributed by atoms with Crippen LogP contribution in [0.25, 0.3) is 0 Å². The molecule has 0 radical (unpaired) electrons. The molecule has 0 unspecified atom stereocenters. The number of carbonyl (C=O) groups excluding carboxylic acids is 2. The fourth-order valence-corrected chi connectivity index (χ4v) is 3.82. The van der Waals surface area contributed by atoms with Crippen LogP contribution >= 0.6 is 0 Å². The first-order chi connectivity index (χ1) is 12.4. The van der Waals surface area contributed by atoms with Crippen LogP contribution in [0.5, 0.6) is 0 Å². The van der Waals surface area contributed by atoms with Gasteiger partial charge in [-0.15, -0.1) is 0 Å². The number of amides is 2. The zero-order chi connectivity index (χ0) is 18.7. The molecule has 2 saturated heterocycles. The van der Waals surface area contributed by atoms with Gasteiger partial charge in [-0.25, -0.2) is 4.68 Å². The summed E-state index contributed by atoms with van der Waals surface area (Å²) in [6.45, 7) is 0.139. The van der Waals surface area contributed by atoms with Gasteiger partial charge >= 0.3 is 6.55 Å².